The van der Waals surface area contributed by atoms with Gasteiger partial charge in [-0.05, 0) is 12.1 Å². The molecule has 0 unspecified atom stereocenters. The first-order chi connectivity index (χ1) is 13.0. The third-order valence-corrected chi connectivity index (χ3v) is 4.76. The predicted molar refractivity (Wildman–Crippen MR) is 107 cm³/mol. The van der Waals surface area contributed by atoms with Gasteiger partial charge >= 0.3 is 0 Å². The molecule has 2 N–H and O–H groups in total. The van der Waals surface area contributed by atoms with Gasteiger partial charge in [-0.2, -0.15) is 0 Å². The summed E-state index contributed by atoms with van der Waals surface area (Å²) in [5.74, 6) is -0.235. The van der Waals surface area contributed by atoms with E-state index in [1.165, 1.54) is 17.4 Å². The molecule has 1 heterocycles. The zero-order valence-electron chi connectivity index (χ0n) is 14.0. The number of aromatic nitrogens is 1. The van der Waals surface area contributed by atoms with Crippen LogP contribution in [0.25, 0.3) is 11.3 Å². The predicted octanol–water partition coefficient (Wildman–Crippen LogP) is 4.81. The lowest BCUT2D eigenvalue weighted by molar-refractivity contribution is -0.384. The van der Waals surface area contributed by atoms with E-state index in [1.807, 2.05) is 23.6 Å². The Balaban J connectivity index is 1.55. The second kappa shape index (κ2) is 8.61. The van der Waals surface area contributed by atoms with E-state index in [4.69, 9.17) is 11.6 Å². The summed E-state index contributed by atoms with van der Waals surface area (Å²) in [5, 5.41) is 19.5. The zero-order valence-corrected chi connectivity index (χ0v) is 15.6. The van der Waals surface area contributed by atoms with Crippen LogP contribution in [0.15, 0.2) is 53.9 Å². The van der Waals surface area contributed by atoms with Crippen LogP contribution in [0.1, 0.15) is 6.42 Å². The first-order valence-electron chi connectivity index (χ1n) is 8.02. The van der Waals surface area contributed by atoms with Gasteiger partial charge in [0.2, 0.25) is 5.91 Å². The number of rotatable bonds is 7. The van der Waals surface area contributed by atoms with Crippen molar-refractivity contribution in [3.63, 3.8) is 0 Å². The molecule has 1 amide bonds. The fraction of sp³-hybridized carbons (Fsp3) is 0.111. The highest BCUT2D eigenvalue weighted by Gasteiger charge is 2.13. The molecule has 0 aliphatic carbocycles. The van der Waals surface area contributed by atoms with E-state index in [1.54, 1.807) is 24.3 Å². The molecule has 0 spiro atoms. The van der Waals surface area contributed by atoms with Gasteiger partial charge in [0.15, 0.2) is 5.13 Å². The van der Waals surface area contributed by atoms with Crippen molar-refractivity contribution >= 4 is 45.4 Å². The molecule has 1 aromatic heterocycles. The third kappa shape index (κ3) is 4.81. The van der Waals surface area contributed by atoms with E-state index in [0.717, 1.165) is 5.56 Å². The van der Waals surface area contributed by atoms with Crippen LogP contribution in [0.2, 0.25) is 5.02 Å². The maximum Gasteiger partial charge on any atom is 0.292 e. The molecule has 3 aromatic rings. The van der Waals surface area contributed by atoms with Gasteiger partial charge in [-0.1, -0.05) is 41.9 Å². The molecule has 27 heavy (non-hydrogen) atoms. The molecule has 138 valence electrons. The lowest BCUT2D eigenvalue weighted by Crippen LogP contribution is -2.16. The highest BCUT2D eigenvalue weighted by molar-refractivity contribution is 7.14. The summed E-state index contributed by atoms with van der Waals surface area (Å²) in [5.41, 5.74) is 1.85. The standard InChI is InChI=1S/C18H15ClN4O3S/c19-13-6-2-1-5-12(13)15-11-27-18(21-15)22-17(24)9-10-20-14-7-3-4-8-16(14)23(25)26/h1-8,11,20H,9-10H2,(H,21,22,24). The van der Waals surface area contributed by atoms with Gasteiger partial charge in [-0.15, -0.1) is 11.3 Å². The van der Waals surface area contributed by atoms with E-state index in [9.17, 15) is 14.9 Å². The molecule has 0 aliphatic rings. The Morgan fingerprint density at radius 3 is 2.70 bits per heavy atom. The van der Waals surface area contributed by atoms with Gasteiger partial charge in [0.1, 0.15) is 5.69 Å². The SMILES string of the molecule is O=C(CCNc1ccccc1[N+](=O)[O-])Nc1nc(-c2ccccc2Cl)cs1. The van der Waals surface area contributed by atoms with Crippen molar-refractivity contribution in [1.29, 1.82) is 0 Å². The number of hydrogen-bond acceptors (Lipinski definition) is 6. The van der Waals surface area contributed by atoms with E-state index in [0.29, 0.717) is 21.5 Å². The van der Waals surface area contributed by atoms with Crippen LogP contribution < -0.4 is 10.6 Å². The number of para-hydroxylation sites is 2. The Bertz CT molecular complexity index is 977. The van der Waals surface area contributed by atoms with Crippen molar-refractivity contribution in [2.75, 3.05) is 17.2 Å². The van der Waals surface area contributed by atoms with Crippen molar-refractivity contribution in [1.82, 2.24) is 4.98 Å². The second-order valence-electron chi connectivity index (χ2n) is 5.52. The number of carbonyl (C=O) groups excluding carboxylic acids is 1. The van der Waals surface area contributed by atoms with Gasteiger partial charge < -0.3 is 10.6 Å². The number of nitrogens with one attached hydrogen (secondary N) is 2. The number of nitrogens with zero attached hydrogens (tertiary/aromatic N) is 2. The normalized spacial score (nSPS) is 10.4. The van der Waals surface area contributed by atoms with Gasteiger partial charge in [-0.25, -0.2) is 4.98 Å². The van der Waals surface area contributed by atoms with Crippen molar-refractivity contribution in [2.45, 2.75) is 6.42 Å². The molecule has 0 aliphatic heterocycles. The molecule has 0 bridgehead atoms. The average Bonchev–Trinajstić information content (AvgIpc) is 3.10. The molecule has 0 saturated carbocycles. The van der Waals surface area contributed by atoms with Gasteiger partial charge in [-0.3, -0.25) is 14.9 Å². The van der Waals surface area contributed by atoms with Crippen LogP contribution in [0.3, 0.4) is 0 Å². The number of nitro benzene ring substituents is 1. The van der Waals surface area contributed by atoms with Crippen LogP contribution in [0.4, 0.5) is 16.5 Å². The molecule has 0 fully saturated rings. The molecule has 7 nitrogen and oxygen atoms in total. The minimum absolute atomic E-state index is 0.0257. The number of amides is 1. The van der Waals surface area contributed by atoms with E-state index in [2.05, 4.69) is 15.6 Å². The number of anilines is 2. The molecule has 0 atom stereocenters. The minimum Gasteiger partial charge on any atom is -0.379 e. The minimum atomic E-state index is -0.464. The third-order valence-electron chi connectivity index (χ3n) is 3.67. The lowest BCUT2D eigenvalue weighted by Gasteiger charge is -2.06. The number of carbonyl (C=O) groups is 1. The maximum absolute atomic E-state index is 12.1. The fourth-order valence-electron chi connectivity index (χ4n) is 2.40. The Kier molecular flexibility index (Phi) is 6.00. The number of halogens is 1. The first kappa shape index (κ1) is 18.8. The molecule has 0 radical (unpaired) electrons. The summed E-state index contributed by atoms with van der Waals surface area (Å²) in [6.45, 7) is 0.263. The Labute approximate surface area is 164 Å². The maximum atomic E-state index is 12.1. The molecule has 3 rings (SSSR count). The van der Waals surface area contributed by atoms with Gasteiger partial charge in [0.25, 0.3) is 5.69 Å². The zero-order chi connectivity index (χ0) is 19.2. The van der Waals surface area contributed by atoms with E-state index in [-0.39, 0.29) is 24.6 Å². The van der Waals surface area contributed by atoms with Crippen molar-refractivity contribution in [2.24, 2.45) is 0 Å². The number of thiazole rings is 1. The van der Waals surface area contributed by atoms with E-state index >= 15 is 0 Å². The Morgan fingerprint density at radius 2 is 1.93 bits per heavy atom. The Morgan fingerprint density at radius 1 is 1.19 bits per heavy atom. The average molecular weight is 403 g/mol. The van der Waals surface area contributed by atoms with Crippen LogP contribution >= 0.6 is 22.9 Å². The van der Waals surface area contributed by atoms with Crippen LogP contribution in [0, 0.1) is 10.1 Å². The highest BCUT2D eigenvalue weighted by Crippen LogP contribution is 2.30. The number of benzene rings is 2. The van der Waals surface area contributed by atoms with Crippen molar-refractivity contribution in [3.8, 4) is 11.3 Å². The smallest absolute Gasteiger partial charge is 0.292 e. The highest BCUT2D eigenvalue weighted by atomic mass is 35.5. The quantitative estimate of drug-likeness (QED) is 0.436. The van der Waals surface area contributed by atoms with Gasteiger partial charge in [0, 0.05) is 35.0 Å². The largest absolute Gasteiger partial charge is 0.379 e. The van der Waals surface area contributed by atoms with Crippen LogP contribution in [0.5, 0.6) is 0 Å². The second-order valence-corrected chi connectivity index (χ2v) is 6.78. The van der Waals surface area contributed by atoms with Crippen LogP contribution in [-0.4, -0.2) is 22.4 Å². The monoisotopic (exact) mass is 402 g/mol. The first-order valence-corrected chi connectivity index (χ1v) is 9.28. The molecule has 0 saturated heterocycles. The molecule has 9 heteroatoms. The summed E-state index contributed by atoms with van der Waals surface area (Å²) in [6, 6.07) is 13.7. The lowest BCUT2D eigenvalue weighted by atomic mass is 10.2. The summed E-state index contributed by atoms with van der Waals surface area (Å²) < 4.78 is 0. The van der Waals surface area contributed by atoms with Gasteiger partial charge in [0.05, 0.1) is 10.6 Å². The molecule has 2 aromatic carbocycles. The summed E-state index contributed by atoms with van der Waals surface area (Å²) in [4.78, 5) is 27.0. The van der Waals surface area contributed by atoms with Crippen molar-refractivity contribution in [3.05, 3.63) is 69.0 Å². The van der Waals surface area contributed by atoms with Crippen LogP contribution in [-0.2, 0) is 4.79 Å². The fourth-order valence-corrected chi connectivity index (χ4v) is 3.36. The summed E-state index contributed by atoms with van der Waals surface area (Å²) in [7, 11) is 0. The number of hydrogen-bond donors (Lipinski definition) is 2. The topological polar surface area (TPSA) is 97.2 Å². The van der Waals surface area contributed by atoms with Crippen molar-refractivity contribution < 1.29 is 9.72 Å². The number of nitro groups is 1. The molecular weight excluding hydrogens is 388 g/mol. The summed E-state index contributed by atoms with van der Waals surface area (Å²) >= 11 is 7.46. The Hall–Kier alpha value is -2.97. The van der Waals surface area contributed by atoms with E-state index < -0.39 is 4.92 Å². The molecular formula is C18H15ClN4O3S. The summed E-state index contributed by atoms with van der Waals surface area (Å²) in [6.07, 6.45) is 0.146.